The second-order valence-electron chi connectivity index (χ2n) is 6.87. The quantitative estimate of drug-likeness (QED) is 0.605. The van der Waals surface area contributed by atoms with Crippen molar-refractivity contribution in [1.82, 2.24) is 4.31 Å². The Labute approximate surface area is 167 Å². The van der Waals surface area contributed by atoms with E-state index in [-0.39, 0.29) is 6.04 Å². The van der Waals surface area contributed by atoms with Gasteiger partial charge < -0.3 is 4.74 Å². The van der Waals surface area contributed by atoms with Crippen molar-refractivity contribution in [3.63, 3.8) is 0 Å². The second-order valence-corrected chi connectivity index (χ2v) is 10.7. The third-order valence-electron chi connectivity index (χ3n) is 4.99. The van der Waals surface area contributed by atoms with E-state index < -0.39 is 10.0 Å². The third-order valence-corrected chi connectivity index (χ3v) is 8.79. The van der Waals surface area contributed by atoms with Gasteiger partial charge in [0.15, 0.2) is 0 Å². The van der Waals surface area contributed by atoms with Gasteiger partial charge in [-0.15, -0.1) is 22.7 Å². The predicted molar refractivity (Wildman–Crippen MR) is 108 cm³/mol. The highest BCUT2D eigenvalue weighted by Gasteiger charge is 2.38. The zero-order chi connectivity index (χ0) is 18.4. The zero-order valence-corrected chi connectivity index (χ0v) is 17.0. The number of ether oxygens (including phenoxy) is 1. The molecule has 3 heterocycles. The van der Waals surface area contributed by atoms with Crippen molar-refractivity contribution >= 4 is 32.7 Å². The van der Waals surface area contributed by atoms with Crippen molar-refractivity contribution < 1.29 is 13.2 Å². The van der Waals surface area contributed by atoms with Gasteiger partial charge in [-0.1, -0.05) is 6.07 Å². The zero-order valence-electron chi connectivity index (χ0n) is 14.6. The van der Waals surface area contributed by atoms with Crippen LogP contribution in [0.25, 0.3) is 0 Å². The van der Waals surface area contributed by atoms with Gasteiger partial charge in [0, 0.05) is 16.3 Å². The normalized spacial score (nSPS) is 20.4. The van der Waals surface area contributed by atoms with Crippen molar-refractivity contribution in [2.24, 2.45) is 0 Å². The highest BCUT2D eigenvalue weighted by molar-refractivity contribution is 7.89. The summed E-state index contributed by atoms with van der Waals surface area (Å²) in [4.78, 5) is 2.67. The molecule has 7 heteroatoms. The molecule has 0 spiro atoms. The first-order valence-electron chi connectivity index (χ1n) is 9.01. The summed E-state index contributed by atoms with van der Waals surface area (Å²) >= 11 is 3.32. The minimum Gasteiger partial charge on any atom is -0.490 e. The third kappa shape index (κ3) is 3.23. The number of thiophene rings is 2. The van der Waals surface area contributed by atoms with Crippen molar-refractivity contribution in [3.8, 4) is 5.75 Å². The number of benzene rings is 1. The number of rotatable bonds is 5. The van der Waals surface area contributed by atoms with Crippen molar-refractivity contribution in [3.05, 3.63) is 68.5 Å². The lowest BCUT2D eigenvalue weighted by Crippen LogP contribution is -2.39. The molecule has 27 heavy (non-hydrogen) atoms. The van der Waals surface area contributed by atoms with Gasteiger partial charge in [-0.05, 0) is 72.0 Å². The molecule has 5 rings (SSSR count). The standard InChI is InChI=1S/C20H19NO3S3/c22-27(23,16-7-5-15(6-8-16)24-14-3-4-14)21-11-9-18-17(10-13-26-18)20(21)19-2-1-12-25-19/h1-2,5-8,10,12-14,20H,3-4,9,11H2. The van der Waals surface area contributed by atoms with Gasteiger partial charge in [0.05, 0.1) is 17.0 Å². The van der Waals surface area contributed by atoms with Crippen LogP contribution in [0.2, 0.25) is 0 Å². The lowest BCUT2D eigenvalue weighted by molar-refractivity contribution is 0.303. The molecule has 1 saturated carbocycles. The minimum absolute atomic E-state index is 0.243. The molecule has 140 valence electrons. The van der Waals surface area contributed by atoms with Gasteiger partial charge >= 0.3 is 0 Å². The van der Waals surface area contributed by atoms with E-state index >= 15 is 0 Å². The Morgan fingerprint density at radius 1 is 1.00 bits per heavy atom. The summed E-state index contributed by atoms with van der Waals surface area (Å²) < 4.78 is 34.3. The highest BCUT2D eigenvalue weighted by atomic mass is 32.2. The van der Waals surface area contributed by atoms with Gasteiger partial charge in [-0.25, -0.2) is 8.42 Å². The summed E-state index contributed by atoms with van der Waals surface area (Å²) in [5, 5.41) is 4.07. The number of fused-ring (bicyclic) bond motifs is 1. The number of hydrogen-bond acceptors (Lipinski definition) is 5. The molecule has 4 nitrogen and oxygen atoms in total. The summed E-state index contributed by atoms with van der Waals surface area (Å²) in [6, 6.07) is 12.7. The topological polar surface area (TPSA) is 46.6 Å². The monoisotopic (exact) mass is 417 g/mol. The molecule has 0 radical (unpaired) electrons. The molecule has 2 aliphatic rings. The maximum absolute atomic E-state index is 13.5. The van der Waals surface area contributed by atoms with Crippen molar-refractivity contribution in [1.29, 1.82) is 0 Å². The van der Waals surface area contributed by atoms with Gasteiger partial charge in [0.1, 0.15) is 5.75 Å². The Hall–Kier alpha value is -1.67. The summed E-state index contributed by atoms with van der Waals surface area (Å²) in [6.45, 7) is 0.499. The molecule has 1 unspecified atom stereocenters. The summed E-state index contributed by atoms with van der Waals surface area (Å²) in [5.41, 5.74) is 1.12. The molecule has 0 N–H and O–H groups in total. The molecule has 3 aromatic rings. The summed E-state index contributed by atoms with van der Waals surface area (Å²) in [7, 11) is -3.60. The smallest absolute Gasteiger partial charge is 0.243 e. The van der Waals surface area contributed by atoms with Crippen LogP contribution in [-0.2, 0) is 16.4 Å². The average molecular weight is 418 g/mol. The van der Waals surface area contributed by atoms with E-state index in [1.165, 1.54) is 4.88 Å². The maximum atomic E-state index is 13.5. The van der Waals surface area contributed by atoms with Crippen LogP contribution in [0.1, 0.15) is 34.2 Å². The number of nitrogens with zero attached hydrogens (tertiary/aromatic N) is 1. The molecule has 1 aliphatic heterocycles. The van der Waals surface area contributed by atoms with Crippen LogP contribution in [0.15, 0.2) is 58.1 Å². The molecular formula is C20H19NO3S3. The first-order chi connectivity index (χ1) is 13.1. The van der Waals surface area contributed by atoms with E-state index in [1.54, 1.807) is 51.2 Å². The first kappa shape index (κ1) is 17.4. The van der Waals surface area contributed by atoms with E-state index in [2.05, 4.69) is 11.4 Å². The summed E-state index contributed by atoms with van der Waals surface area (Å²) in [5.74, 6) is 0.741. The molecule has 1 fully saturated rings. The van der Waals surface area contributed by atoms with E-state index in [9.17, 15) is 8.42 Å². The Balaban J connectivity index is 1.51. The Kier molecular flexibility index (Phi) is 4.35. The molecule has 1 aliphatic carbocycles. The number of hydrogen-bond donors (Lipinski definition) is 0. The fourth-order valence-electron chi connectivity index (χ4n) is 3.50. The van der Waals surface area contributed by atoms with E-state index in [0.29, 0.717) is 17.5 Å². The van der Waals surface area contributed by atoms with Gasteiger partial charge in [0.25, 0.3) is 0 Å². The van der Waals surface area contributed by atoms with E-state index in [1.807, 2.05) is 17.5 Å². The fourth-order valence-corrected chi connectivity index (χ4v) is 6.91. The summed E-state index contributed by atoms with van der Waals surface area (Å²) in [6.07, 6.45) is 3.23. The largest absolute Gasteiger partial charge is 0.490 e. The van der Waals surface area contributed by atoms with E-state index in [0.717, 1.165) is 35.5 Å². The first-order valence-corrected chi connectivity index (χ1v) is 12.2. The molecule has 0 saturated heterocycles. The van der Waals surface area contributed by atoms with Crippen LogP contribution in [-0.4, -0.2) is 25.4 Å². The molecular weight excluding hydrogens is 398 g/mol. The molecule has 1 aromatic carbocycles. The predicted octanol–water partition coefficient (Wildman–Crippen LogP) is 4.69. The average Bonchev–Trinajstić information content (AvgIpc) is 3.13. The van der Waals surface area contributed by atoms with E-state index in [4.69, 9.17) is 4.74 Å². The van der Waals surface area contributed by atoms with Crippen LogP contribution >= 0.6 is 22.7 Å². The SMILES string of the molecule is O=S(=O)(c1ccc(OC2CC2)cc1)N1CCc2sccc2C1c1cccs1. The van der Waals surface area contributed by atoms with Crippen molar-refractivity contribution in [2.75, 3.05) is 6.54 Å². The fraction of sp³-hybridized carbons (Fsp3) is 0.300. The Morgan fingerprint density at radius 3 is 2.52 bits per heavy atom. The molecule has 1 atom stereocenters. The van der Waals surface area contributed by atoms with Gasteiger partial charge in [0.2, 0.25) is 10.0 Å². The van der Waals surface area contributed by atoms with Gasteiger partial charge in [-0.2, -0.15) is 4.31 Å². The molecule has 0 bridgehead atoms. The van der Waals surface area contributed by atoms with Crippen LogP contribution in [0.5, 0.6) is 5.75 Å². The number of sulfonamides is 1. The van der Waals surface area contributed by atoms with Crippen molar-refractivity contribution in [2.45, 2.75) is 36.3 Å². The molecule has 0 amide bonds. The van der Waals surface area contributed by atoms with Crippen LogP contribution in [0, 0.1) is 0 Å². The lowest BCUT2D eigenvalue weighted by Gasteiger charge is -2.34. The lowest BCUT2D eigenvalue weighted by atomic mass is 10.0. The van der Waals surface area contributed by atoms with Crippen LogP contribution in [0.4, 0.5) is 0 Å². The Bertz CT molecular complexity index is 1030. The minimum atomic E-state index is -3.60. The Morgan fingerprint density at radius 2 is 1.81 bits per heavy atom. The second kappa shape index (κ2) is 6.74. The molecule has 2 aromatic heterocycles. The highest BCUT2D eigenvalue weighted by Crippen LogP contribution is 2.42. The maximum Gasteiger partial charge on any atom is 0.243 e. The van der Waals surface area contributed by atoms with Crippen LogP contribution < -0.4 is 4.74 Å². The van der Waals surface area contributed by atoms with Crippen LogP contribution in [0.3, 0.4) is 0 Å². The van der Waals surface area contributed by atoms with Gasteiger partial charge in [-0.3, -0.25) is 0 Å².